The minimum absolute atomic E-state index is 0.0357. The number of alkyl halides is 1. The van der Waals surface area contributed by atoms with Gasteiger partial charge in [-0.3, -0.25) is 5.10 Å². The molecule has 5 rings (SSSR count). The molecule has 0 atom stereocenters. The summed E-state index contributed by atoms with van der Waals surface area (Å²) in [6.45, 7) is 3.94. The quantitative estimate of drug-likeness (QED) is 0.447. The summed E-state index contributed by atoms with van der Waals surface area (Å²) in [6.07, 6.45) is 1.42. The van der Waals surface area contributed by atoms with Gasteiger partial charge in [0.25, 0.3) is 0 Å². The third kappa shape index (κ3) is 2.85. The third-order valence-electron chi connectivity index (χ3n) is 6.24. The van der Waals surface area contributed by atoms with E-state index < -0.39 is 23.3 Å². The van der Waals surface area contributed by atoms with E-state index >= 15 is 0 Å². The molecule has 0 radical (unpaired) electrons. The summed E-state index contributed by atoms with van der Waals surface area (Å²) in [5.74, 6) is -3.68. The van der Waals surface area contributed by atoms with Gasteiger partial charge in [-0.05, 0) is 54.5 Å². The SMILES string of the molecule is CC(C)c1c(C2CC(F)(C(=O)O)C2)c2cc3[nH]ncc3cc2n1-c1ccc(F)c(F)c1. The van der Waals surface area contributed by atoms with Gasteiger partial charge in [-0.25, -0.2) is 18.0 Å². The van der Waals surface area contributed by atoms with E-state index in [4.69, 9.17) is 0 Å². The summed E-state index contributed by atoms with van der Waals surface area (Å²) in [6, 6.07) is 7.54. The molecule has 0 aliphatic heterocycles. The van der Waals surface area contributed by atoms with Gasteiger partial charge < -0.3 is 9.67 Å². The van der Waals surface area contributed by atoms with Gasteiger partial charge in [-0.15, -0.1) is 0 Å². The maximum Gasteiger partial charge on any atom is 0.341 e. The second-order valence-electron chi connectivity index (χ2n) is 8.59. The summed E-state index contributed by atoms with van der Waals surface area (Å²) < 4.78 is 44.2. The summed E-state index contributed by atoms with van der Waals surface area (Å²) >= 11 is 0. The molecule has 0 unspecified atom stereocenters. The number of aliphatic carboxylic acids is 1. The van der Waals surface area contributed by atoms with Crippen molar-refractivity contribution in [3.8, 4) is 5.69 Å². The molecule has 160 valence electrons. The third-order valence-corrected chi connectivity index (χ3v) is 6.24. The van der Waals surface area contributed by atoms with Gasteiger partial charge in [0.05, 0.1) is 17.2 Å². The molecule has 0 bridgehead atoms. The number of halogens is 3. The highest BCUT2D eigenvalue weighted by molar-refractivity contribution is 5.99. The molecule has 8 heteroatoms. The van der Waals surface area contributed by atoms with Crippen LogP contribution in [0.15, 0.2) is 36.5 Å². The van der Waals surface area contributed by atoms with Gasteiger partial charge in [0.15, 0.2) is 11.6 Å². The van der Waals surface area contributed by atoms with Crippen LogP contribution in [0.1, 0.15) is 49.8 Å². The number of aromatic nitrogens is 3. The largest absolute Gasteiger partial charge is 0.479 e. The van der Waals surface area contributed by atoms with Crippen molar-refractivity contribution in [2.75, 3.05) is 0 Å². The van der Waals surface area contributed by atoms with E-state index in [1.807, 2.05) is 30.5 Å². The number of fused-ring (bicyclic) bond motifs is 2. The minimum atomic E-state index is -2.24. The number of carboxylic acids is 1. The Bertz CT molecular complexity index is 1350. The number of H-pyrrole nitrogens is 1. The molecule has 0 saturated heterocycles. The molecule has 1 fully saturated rings. The van der Waals surface area contributed by atoms with Crippen LogP contribution in [-0.4, -0.2) is 31.5 Å². The first-order chi connectivity index (χ1) is 14.7. The molecule has 2 N–H and O–H groups in total. The van der Waals surface area contributed by atoms with E-state index in [9.17, 15) is 23.1 Å². The number of aromatic amines is 1. The minimum Gasteiger partial charge on any atom is -0.479 e. The van der Waals surface area contributed by atoms with Crippen molar-refractivity contribution in [1.29, 1.82) is 0 Å². The second-order valence-corrected chi connectivity index (χ2v) is 8.59. The van der Waals surface area contributed by atoms with Gasteiger partial charge in [0.2, 0.25) is 5.67 Å². The number of hydrogen-bond donors (Lipinski definition) is 2. The van der Waals surface area contributed by atoms with E-state index in [1.165, 1.54) is 6.07 Å². The average Bonchev–Trinajstić information content (AvgIpc) is 3.27. The van der Waals surface area contributed by atoms with E-state index in [2.05, 4.69) is 10.2 Å². The highest BCUT2D eigenvalue weighted by Gasteiger charge is 2.53. The van der Waals surface area contributed by atoms with Crippen molar-refractivity contribution in [1.82, 2.24) is 14.8 Å². The monoisotopic (exact) mass is 427 g/mol. The summed E-state index contributed by atoms with van der Waals surface area (Å²) in [5, 5.41) is 17.9. The Morgan fingerprint density at radius 3 is 2.61 bits per heavy atom. The fraction of sp³-hybridized carbons (Fsp3) is 0.304. The van der Waals surface area contributed by atoms with Gasteiger partial charge in [0.1, 0.15) is 0 Å². The fourth-order valence-corrected chi connectivity index (χ4v) is 4.77. The predicted octanol–water partition coefficient (Wildman–Crippen LogP) is 5.58. The topological polar surface area (TPSA) is 70.9 Å². The van der Waals surface area contributed by atoms with Crippen LogP contribution in [0.3, 0.4) is 0 Å². The van der Waals surface area contributed by atoms with E-state index in [0.29, 0.717) is 5.69 Å². The molecule has 2 heterocycles. The standard InChI is InChI=1S/C23H20F3N3O2/c1-11(2)21-20(13-8-23(26,9-13)22(30)31)15-7-18-12(10-27-28-18)5-19(15)29(21)14-3-4-16(24)17(25)6-14/h3-7,10-11,13H,8-9H2,1-2H3,(H,27,28)(H,30,31). The lowest BCUT2D eigenvalue weighted by molar-refractivity contribution is -0.158. The van der Waals surface area contributed by atoms with Crippen LogP contribution in [0.4, 0.5) is 13.2 Å². The highest BCUT2D eigenvalue weighted by atomic mass is 19.2. The molecule has 1 aliphatic carbocycles. The number of hydrogen-bond acceptors (Lipinski definition) is 2. The maximum absolute atomic E-state index is 14.6. The van der Waals surface area contributed by atoms with Crippen molar-refractivity contribution in [2.45, 2.75) is 44.2 Å². The Hall–Kier alpha value is -3.29. The molecule has 4 aromatic rings. The zero-order valence-electron chi connectivity index (χ0n) is 16.9. The lowest BCUT2D eigenvalue weighted by Crippen LogP contribution is -2.45. The van der Waals surface area contributed by atoms with Gasteiger partial charge >= 0.3 is 5.97 Å². The van der Waals surface area contributed by atoms with Crippen LogP contribution < -0.4 is 0 Å². The summed E-state index contributed by atoms with van der Waals surface area (Å²) in [4.78, 5) is 11.3. The van der Waals surface area contributed by atoms with Crippen molar-refractivity contribution in [3.05, 3.63) is 59.4 Å². The van der Waals surface area contributed by atoms with Crippen molar-refractivity contribution < 1.29 is 23.1 Å². The molecule has 31 heavy (non-hydrogen) atoms. The van der Waals surface area contributed by atoms with E-state index in [-0.39, 0.29) is 24.7 Å². The summed E-state index contributed by atoms with van der Waals surface area (Å²) in [7, 11) is 0. The second kappa shape index (κ2) is 6.60. The average molecular weight is 427 g/mol. The van der Waals surface area contributed by atoms with Crippen molar-refractivity contribution in [3.63, 3.8) is 0 Å². The number of benzene rings is 2. The lowest BCUT2D eigenvalue weighted by Gasteiger charge is -2.39. The number of nitrogens with zero attached hydrogens (tertiary/aromatic N) is 2. The van der Waals surface area contributed by atoms with E-state index in [0.717, 1.165) is 45.2 Å². The van der Waals surface area contributed by atoms with Crippen LogP contribution >= 0.6 is 0 Å². The number of carboxylic acid groups (broad SMARTS) is 1. The molecule has 1 saturated carbocycles. The fourth-order valence-electron chi connectivity index (χ4n) is 4.77. The summed E-state index contributed by atoms with van der Waals surface area (Å²) in [5.41, 5.74) is 1.43. The Balaban J connectivity index is 1.82. The molecule has 2 aromatic heterocycles. The normalized spacial score (nSPS) is 21.2. The van der Waals surface area contributed by atoms with Gasteiger partial charge in [0, 0.05) is 28.2 Å². The van der Waals surface area contributed by atoms with Gasteiger partial charge in [-0.1, -0.05) is 13.8 Å². The smallest absolute Gasteiger partial charge is 0.341 e. The van der Waals surface area contributed by atoms with Crippen molar-refractivity contribution >= 4 is 27.8 Å². The van der Waals surface area contributed by atoms with Crippen LogP contribution in [0.25, 0.3) is 27.5 Å². The zero-order chi connectivity index (χ0) is 22.1. The molecule has 5 nitrogen and oxygen atoms in total. The highest BCUT2D eigenvalue weighted by Crippen LogP contribution is 2.52. The molecule has 0 spiro atoms. The molecule has 1 aliphatic rings. The van der Waals surface area contributed by atoms with Crippen molar-refractivity contribution in [2.24, 2.45) is 0 Å². The van der Waals surface area contributed by atoms with E-state index in [1.54, 1.807) is 6.20 Å². The van der Waals surface area contributed by atoms with Crippen LogP contribution in [0.5, 0.6) is 0 Å². The first kappa shape index (κ1) is 19.7. The Kier molecular flexibility index (Phi) is 4.19. The van der Waals surface area contributed by atoms with Crippen LogP contribution in [0, 0.1) is 11.6 Å². The first-order valence-electron chi connectivity index (χ1n) is 10.1. The number of carbonyl (C=O) groups is 1. The molecular formula is C23H20F3N3O2. The molecule has 0 amide bonds. The predicted molar refractivity (Wildman–Crippen MR) is 110 cm³/mol. The van der Waals surface area contributed by atoms with Crippen LogP contribution in [-0.2, 0) is 4.79 Å². The lowest BCUT2D eigenvalue weighted by atomic mass is 9.68. The zero-order valence-corrected chi connectivity index (χ0v) is 16.9. The first-order valence-corrected chi connectivity index (χ1v) is 10.1. The molecular weight excluding hydrogens is 407 g/mol. The Labute approximate surface area is 175 Å². The Morgan fingerprint density at radius 1 is 1.23 bits per heavy atom. The van der Waals surface area contributed by atoms with Crippen LogP contribution in [0.2, 0.25) is 0 Å². The van der Waals surface area contributed by atoms with Gasteiger partial charge in [-0.2, -0.15) is 5.10 Å². The molecule has 2 aromatic carbocycles. The number of nitrogens with one attached hydrogen (secondary N) is 1. The Morgan fingerprint density at radius 2 is 1.97 bits per heavy atom. The maximum atomic E-state index is 14.6. The number of rotatable bonds is 4.